The lowest BCUT2D eigenvalue weighted by Gasteiger charge is -2.06. The third kappa shape index (κ3) is 2.80. The highest BCUT2D eigenvalue weighted by molar-refractivity contribution is 9.10. The zero-order valence-corrected chi connectivity index (χ0v) is 12.8. The Morgan fingerprint density at radius 1 is 1.42 bits per heavy atom. The van der Waals surface area contributed by atoms with Gasteiger partial charge in [-0.1, -0.05) is 15.9 Å². The lowest BCUT2D eigenvalue weighted by Crippen LogP contribution is -2.06. The van der Waals surface area contributed by atoms with E-state index in [0.717, 1.165) is 0 Å². The Morgan fingerprint density at radius 2 is 2.11 bits per heavy atom. The van der Waals surface area contributed by atoms with Crippen LogP contribution in [-0.2, 0) is 15.6 Å². The van der Waals surface area contributed by atoms with Gasteiger partial charge in [-0.2, -0.15) is 0 Å². The van der Waals surface area contributed by atoms with E-state index in [1.54, 1.807) is 13.0 Å². The predicted molar refractivity (Wildman–Crippen MR) is 71.8 cm³/mol. The summed E-state index contributed by atoms with van der Waals surface area (Å²) in [4.78, 5) is 0. The molecule has 0 saturated carbocycles. The number of aromatic nitrogens is 3. The van der Waals surface area contributed by atoms with E-state index in [2.05, 4.69) is 26.1 Å². The minimum atomic E-state index is -4.02. The average molecular weight is 369 g/mol. The Labute approximate surface area is 122 Å². The number of nitrogens with zero attached hydrogens (tertiary/aromatic N) is 3. The smallest absolute Gasteiger partial charge is 0.296 e. The molecule has 9 heteroatoms. The van der Waals surface area contributed by atoms with Crippen molar-refractivity contribution in [2.24, 2.45) is 0 Å². The predicted octanol–water partition coefficient (Wildman–Crippen LogP) is 2.79. The molecule has 2 rings (SSSR count). The summed E-state index contributed by atoms with van der Waals surface area (Å²) in [6.07, 6.45) is 0. The van der Waals surface area contributed by atoms with E-state index < -0.39 is 20.0 Å². The zero-order chi connectivity index (χ0) is 14.2. The van der Waals surface area contributed by atoms with Gasteiger partial charge in [-0.05, 0) is 25.1 Å². The van der Waals surface area contributed by atoms with Crippen LogP contribution in [0.2, 0.25) is 0 Å². The highest BCUT2D eigenvalue weighted by Crippen LogP contribution is 2.26. The minimum Gasteiger partial charge on any atom is -0.297 e. The SMILES string of the molecule is CCn1c(-c2ccc(Br)cc2F)nnc1S(=O)(=O)Cl. The van der Waals surface area contributed by atoms with Crippen molar-refractivity contribution in [3.05, 3.63) is 28.5 Å². The lowest BCUT2D eigenvalue weighted by molar-refractivity contribution is 0.581. The van der Waals surface area contributed by atoms with Crippen LogP contribution in [0, 0.1) is 5.82 Å². The summed E-state index contributed by atoms with van der Waals surface area (Å²) in [5.74, 6) is -0.415. The molecular formula is C10H8BrClFN3O2S. The molecule has 0 saturated heterocycles. The molecule has 0 N–H and O–H groups in total. The molecular weight excluding hydrogens is 361 g/mol. The molecule has 1 aromatic carbocycles. The van der Waals surface area contributed by atoms with Crippen molar-refractivity contribution in [2.45, 2.75) is 18.6 Å². The van der Waals surface area contributed by atoms with Crippen LogP contribution in [0.5, 0.6) is 0 Å². The first-order chi connectivity index (χ1) is 8.84. The molecule has 0 spiro atoms. The maximum absolute atomic E-state index is 13.9. The van der Waals surface area contributed by atoms with E-state index >= 15 is 0 Å². The Bertz CT molecular complexity index is 732. The van der Waals surface area contributed by atoms with Gasteiger partial charge < -0.3 is 0 Å². The van der Waals surface area contributed by atoms with Crippen molar-refractivity contribution in [1.29, 1.82) is 0 Å². The van der Waals surface area contributed by atoms with Crippen LogP contribution in [0.4, 0.5) is 4.39 Å². The number of hydrogen-bond acceptors (Lipinski definition) is 4. The van der Waals surface area contributed by atoms with Gasteiger partial charge in [-0.3, -0.25) is 4.57 Å². The number of benzene rings is 1. The fourth-order valence-corrected chi connectivity index (χ4v) is 2.92. The van der Waals surface area contributed by atoms with Crippen LogP contribution in [0.15, 0.2) is 27.8 Å². The van der Waals surface area contributed by atoms with Crippen molar-refractivity contribution in [1.82, 2.24) is 14.8 Å². The van der Waals surface area contributed by atoms with Gasteiger partial charge in [-0.15, -0.1) is 10.2 Å². The molecule has 1 aromatic heterocycles. The first kappa shape index (κ1) is 14.4. The summed E-state index contributed by atoms with van der Waals surface area (Å²) in [6.45, 7) is 1.94. The minimum absolute atomic E-state index is 0.117. The summed E-state index contributed by atoms with van der Waals surface area (Å²) < 4.78 is 38.4. The molecule has 5 nitrogen and oxygen atoms in total. The molecule has 0 radical (unpaired) electrons. The second-order valence-electron chi connectivity index (χ2n) is 3.61. The fraction of sp³-hybridized carbons (Fsp3) is 0.200. The summed E-state index contributed by atoms with van der Waals surface area (Å²) >= 11 is 3.14. The van der Waals surface area contributed by atoms with Crippen LogP contribution < -0.4 is 0 Å². The van der Waals surface area contributed by atoms with Crippen LogP contribution in [0.25, 0.3) is 11.4 Å². The second-order valence-corrected chi connectivity index (χ2v) is 6.99. The summed E-state index contributed by atoms with van der Waals surface area (Å²) in [5, 5.41) is 6.83. The molecule has 102 valence electrons. The van der Waals surface area contributed by atoms with Gasteiger partial charge in [-0.25, -0.2) is 12.8 Å². The van der Waals surface area contributed by atoms with Crippen LogP contribution >= 0.6 is 26.6 Å². The summed E-state index contributed by atoms with van der Waals surface area (Å²) in [5.41, 5.74) is 0.157. The number of rotatable bonds is 3. The molecule has 0 aliphatic carbocycles. The topological polar surface area (TPSA) is 64.8 Å². The van der Waals surface area contributed by atoms with E-state index in [-0.39, 0.29) is 17.9 Å². The van der Waals surface area contributed by atoms with Gasteiger partial charge in [0.15, 0.2) is 5.82 Å². The van der Waals surface area contributed by atoms with Crippen molar-refractivity contribution < 1.29 is 12.8 Å². The van der Waals surface area contributed by atoms with Gasteiger partial charge in [0.1, 0.15) is 5.82 Å². The highest BCUT2D eigenvalue weighted by Gasteiger charge is 2.23. The van der Waals surface area contributed by atoms with Crippen molar-refractivity contribution in [3.8, 4) is 11.4 Å². The Balaban J connectivity index is 2.67. The number of hydrogen-bond donors (Lipinski definition) is 0. The molecule has 0 aliphatic heterocycles. The van der Waals surface area contributed by atoms with Gasteiger partial charge in [0, 0.05) is 21.7 Å². The van der Waals surface area contributed by atoms with Crippen LogP contribution in [-0.4, -0.2) is 23.2 Å². The van der Waals surface area contributed by atoms with Crippen molar-refractivity contribution in [3.63, 3.8) is 0 Å². The van der Waals surface area contributed by atoms with E-state index in [1.165, 1.54) is 16.7 Å². The third-order valence-corrected chi connectivity index (χ3v) is 4.07. The molecule has 1 heterocycles. The van der Waals surface area contributed by atoms with Gasteiger partial charge in [0.25, 0.3) is 14.2 Å². The first-order valence-corrected chi connectivity index (χ1v) is 8.28. The average Bonchev–Trinajstić information content (AvgIpc) is 2.72. The molecule has 0 amide bonds. The monoisotopic (exact) mass is 367 g/mol. The Hall–Kier alpha value is -0.990. The zero-order valence-electron chi connectivity index (χ0n) is 9.64. The molecule has 0 bridgehead atoms. The molecule has 0 fully saturated rings. The quantitative estimate of drug-likeness (QED) is 0.782. The fourth-order valence-electron chi connectivity index (χ4n) is 1.62. The molecule has 0 atom stereocenters. The standard InChI is InChI=1S/C10H8BrClFN3O2S/c1-2-16-9(14-15-10(16)19(12,17)18)7-4-3-6(11)5-8(7)13/h3-5H,2H2,1H3. The third-order valence-electron chi connectivity index (χ3n) is 2.42. The van der Waals surface area contributed by atoms with Crippen LogP contribution in [0.1, 0.15) is 6.92 Å². The summed E-state index contributed by atoms with van der Waals surface area (Å²) in [6, 6.07) is 4.38. The van der Waals surface area contributed by atoms with E-state index in [1.807, 2.05) is 0 Å². The first-order valence-electron chi connectivity index (χ1n) is 5.18. The Kier molecular flexibility index (Phi) is 3.93. The molecule has 0 unspecified atom stereocenters. The normalized spacial score (nSPS) is 11.8. The summed E-state index contributed by atoms with van der Waals surface area (Å²) in [7, 11) is 1.23. The van der Waals surface area contributed by atoms with Gasteiger partial charge in [0.05, 0.1) is 5.56 Å². The second kappa shape index (κ2) is 5.18. The molecule has 0 aliphatic rings. The molecule has 19 heavy (non-hydrogen) atoms. The van der Waals surface area contributed by atoms with E-state index in [0.29, 0.717) is 4.47 Å². The van der Waals surface area contributed by atoms with Crippen LogP contribution in [0.3, 0.4) is 0 Å². The Morgan fingerprint density at radius 3 is 2.63 bits per heavy atom. The van der Waals surface area contributed by atoms with Crippen molar-refractivity contribution in [2.75, 3.05) is 0 Å². The maximum atomic E-state index is 13.9. The maximum Gasteiger partial charge on any atom is 0.296 e. The largest absolute Gasteiger partial charge is 0.297 e. The highest BCUT2D eigenvalue weighted by atomic mass is 79.9. The van der Waals surface area contributed by atoms with Gasteiger partial charge in [0.2, 0.25) is 0 Å². The van der Waals surface area contributed by atoms with Gasteiger partial charge >= 0.3 is 0 Å². The van der Waals surface area contributed by atoms with Crippen molar-refractivity contribution >= 4 is 35.7 Å². The van der Waals surface area contributed by atoms with E-state index in [9.17, 15) is 12.8 Å². The molecule has 2 aromatic rings. The van der Waals surface area contributed by atoms with E-state index in [4.69, 9.17) is 10.7 Å². The number of halogens is 3. The lowest BCUT2D eigenvalue weighted by atomic mass is 10.2.